The summed E-state index contributed by atoms with van der Waals surface area (Å²) in [4.78, 5) is 0. The van der Waals surface area contributed by atoms with Gasteiger partial charge in [0.2, 0.25) is 0 Å². The molecule has 2 aliphatic rings. The smallest absolute Gasteiger partial charge is 0.119 e. The van der Waals surface area contributed by atoms with Crippen molar-refractivity contribution in [3.63, 3.8) is 0 Å². The molecule has 1 aromatic carbocycles. The summed E-state index contributed by atoms with van der Waals surface area (Å²) in [5.41, 5.74) is 2.35. The van der Waals surface area contributed by atoms with E-state index in [1.165, 1.54) is 11.1 Å². The summed E-state index contributed by atoms with van der Waals surface area (Å²) in [6.07, 6.45) is 4.23. The molecule has 0 bridgehead atoms. The van der Waals surface area contributed by atoms with E-state index in [1.807, 2.05) is 17.8 Å². The minimum absolute atomic E-state index is 0.476. The molecule has 110 valence electrons. The number of hydrogen-bond donors (Lipinski definition) is 2. The van der Waals surface area contributed by atoms with Crippen molar-refractivity contribution in [1.29, 1.82) is 0 Å². The molecule has 2 N–H and O–H groups in total. The molecule has 20 heavy (non-hydrogen) atoms. The number of aryl methyl sites for hydroxylation is 1. The summed E-state index contributed by atoms with van der Waals surface area (Å²) in [6, 6.07) is 6.86. The van der Waals surface area contributed by atoms with Crippen molar-refractivity contribution >= 4 is 11.8 Å². The van der Waals surface area contributed by atoms with Crippen molar-refractivity contribution in [3.05, 3.63) is 29.3 Å². The zero-order chi connectivity index (χ0) is 14.0. The van der Waals surface area contributed by atoms with Gasteiger partial charge in [0.05, 0.1) is 12.7 Å². The van der Waals surface area contributed by atoms with Crippen LogP contribution >= 0.6 is 11.8 Å². The first kappa shape index (κ1) is 14.2. The fourth-order valence-corrected chi connectivity index (χ4v) is 4.40. The summed E-state index contributed by atoms with van der Waals surface area (Å²) in [7, 11) is 1.72. The number of hydrogen-bond acceptors (Lipinski definition) is 4. The normalized spacial score (nSPS) is 29.2. The van der Waals surface area contributed by atoms with Crippen LogP contribution < -0.4 is 10.1 Å². The van der Waals surface area contributed by atoms with Crippen molar-refractivity contribution < 1.29 is 9.84 Å². The fourth-order valence-electron chi connectivity index (χ4n) is 3.10. The van der Waals surface area contributed by atoms with E-state index in [1.54, 1.807) is 7.11 Å². The maximum absolute atomic E-state index is 10.4. The highest BCUT2D eigenvalue weighted by Crippen LogP contribution is 2.29. The number of thioether (sulfide) groups is 1. The Morgan fingerprint density at radius 2 is 2.35 bits per heavy atom. The number of nitrogens with one attached hydrogen (secondary N) is 1. The number of rotatable bonds is 4. The second kappa shape index (κ2) is 5.96. The first-order chi connectivity index (χ1) is 9.68. The lowest BCUT2D eigenvalue weighted by atomic mass is 9.87. The van der Waals surface area contributed by atoms with Gasteiger partial charge in [-0.25, -0.2) is 0 Å². The largest absolute Gasteiger partial charge is 0.497 e. The lowest BCUT2D eigenvalue weighted by molar-refractivity contribution is 0.0640. The van der Waals surface area contributed by atoms with Gasteiger partial charge in [0, 0.05) is 18.3 Å². The van der Waals surface area contributed by atoms with Crippen molar-refractivity contribution in [2.75, 3.05) is 25.2 Å². The molecule has 3 rings (SSSR count). The van der Waals surface area contributed by atoms with Crippen molar-refractivity contribution in [3.8, 4) is 5.75 Å². The number of ether oxygens (including phenoxy) is 1. The van der Waals surface area contributed by atoms with Gasteiger partial charge in [-0.3, -0.25) is 0 Å². The minimum Gasteiger partial charge on any atom is -0.497 e. The first-order valence-electron chi connectivity index (χ1n) is 7.38. The maximum atomic E-state index is 10.4. The molecular formula is C16H23NO2S. The molecule has 0 amide bonds. The third-order valence-corrected chi connectivity index (χ3v) is 5.68. The van der Waals surface area contributed by atoms with Crippen LogP contribution in [0.1, 0.15) is 24.0 Å². The Labute approximate surface area is 125 Å². The summed E-state index contributed by atoms with van der Waals surface area (Å²) in [5.74, 6) is 2.90. The summed E-state index contributed by atoms with van der Waals surface area (Å²) < 4.78 is 5.31. The van der Waals surface area contributed by atoms with Gasteiger partial charge >= 0.3 is 0 Å². The van der Waals surface area contributed by atoms with Crippen molar-refractivity contribution in [2.45, 2.75) is 37.3 Å². The Morgan fingerprint density at radius 1 is 1.45 bits per heavy atom. The molecule has 0 unspecified atom stereocenters. The van der Waals surface area contributed by atoms with Gasteiger partial charge in [-0.15, -0.1) is 0 Å². The highest BCUT2D eigenvalue weighted by molar-refractivity contribution is 7.99. The SMILES string of the molecule is COc1ccc2c(c1)C[C@@H](NC[C@]1(O)CCSC1)CC2. The topological polar surface area (TPSA) is 41.5 Å². The molecule has 2 atom stereocenters. The maximum Gasteiger partial charge on any atom is 0.119 e. The Morgan fingerprint density at radius 3 is 3.10 bits per heavy atom. The highest BCUT2D eigenvalue weighted by atomic mass is 32.2. The zero-order valence-corrected chi connectivity index (χ0v) is 12.8. The first-order valence-corrected chi connectivity index (χ1v) is 8.53. The Hall–Kier alpha value is -0.710. The van der Waals surface area contributed by atoms with Crippen LogP contribution in [0.5, 0.6) is 5.75 Å². The third-order valence-electron chi connectivity index (χ3n) is 4.44. The molecule has 1 heterocycles. The quantitative estimate of drug-likeness (QED) is 0.891. The Balaban J connectivity index is 1.60. The minimum atomic E-state index is -0.487. The molecule has 1 saturated heterocycles. The van der Waals surface area contributed by atoms with Gasteiger partial charge in [0.15, 0.2) is 0 Å². The summed E-state index contributed by atoms with van der Waals surface area (Å²) >= 11 is 1.85. The average Bonchev–Trinajstić information content (AvgIpc) is 2.91. The van der Waals surface area contributed by atoms with Crippen LogP contribution in [0.3, 0.4) is 0 Å². The zero-order valence-electron chi connectivity index (χ0n) is 12.0. The number of aliphatic hydroxyl groups is 1. The number of fused-ring (bicyclic) bond motifs is 1. The van der Waals surface area contributed by atoms with Gasteiger partial charge in [-0.2, -0.15) is 11.8 Å². The van der Waals surface area contributed by atoms with E-state index >= 15 is 0 Å². The van der Waals surface area contributed by atoms with Crippen LogP contribution in [0, 0.1) is 0 Å². The monoisotopic (exact) mass is 293 g/mol. The molecule has 0 spiro atoms. The molecule has 1 aliphatic carbocycles. The fraction of sp³-hybridized carbons (Fsp3) is 0.625. The van der Waals surface area contributed by atoms with Gasteiger partial charge in [0.25, 0.3) is 0 Å². The van der Waals surface area contributed by atoms with Gasteiger partial charge in [-0.05, 0) is 54.7 Å². The lowest BCUT2D eigenvalue weighted by Crippen LogP contribution is -2.46. The summed E-state index contributed by atoms with van der Waals surface area (Å²) in [5, 5.41) is 14.0. The molecule has 1 fully saturated rings. The molecule has 3 nitrogen and oxygen atoms in total. The number of benzene rings is 1. The van der Waals surface area contributed by atoms with Gasteiger partial charge in [-0.1, -0.05) is 6.07 Å². The second-order valence-corrected chi connectivity index (χ2v) is 7.09. The molecule has 1 aliphatic heterocycles. The lowest BCUT2D eigenvalue weighted by Gasteiger charge is -2.30. The van der Waals surface area contributed by atoms with E-state index in [2.05, 4.69) is 17.4 Å². The molecule has 0 aromatic heterocycles. The third kappa shape index (κ3) is 3.13. The van der Waals surface area contributed by atoms with Crippen LogP contribution in [-0.2, 0) is 12.8 Å². The molecule has 4 heteroatoms. The molecule has 0 saturated carbocycles. The van der Waals surface area contributed by atoms with E-state index in [0.717, 1.165) is 49.5 Å². The van der Waals surface area contributed by atoms with E-state index < -0.39 is 5.60 Å². The van der Waals surface area contributed by atoms with E-state index in [-0.39, 0.29) is 0 Å². The average molecular weight is 293 g/mol. The second-order valence-electron chi connectivity index (χ2n) is 5.98. The Bertz CT molecular complexity index is 472. The molecule has 0 radical (unpaired) electrons. The summed E-state index contributed by atoms with van der Waals surface area (Å²) in [6.45, 7) is 0.726. The van der Waals surface area contributed by atoms with Gasteiger partial charge < -0.3 is 15.2 Å². The predicted octanol–water partition coefficient (Wildman–Crippen LogP) is 2.01. The molecule has 1 aromatic rings. The highest BCUT2D eigenvalue weighted by Gasteiger charge is 2.32. The van der Waals surface area contributed by atoms with Crippen LogP contribution in [-0.4, -0.2) is 41.9 Å². The van der Waals surface area contributed by atoms with E-state index in [9.17, 15) is 5.11 Å². The van der Waals surface area contributed by atoms with Crippen LogP contribution in [0.25, 0.3) is 0 Å². The molecular weight excluding hydrogens is 270 g/mol. The standard InChI is InChI=1S/C16H23NO2S/c1-19-15-5-3-12-2-4-14(8-13(12)9-15)17-10-16(18)6-7-20-11-16/h3,5,9,14,17-18H,2,4,6-8,10-11H2,1H3/t14-,16+/m0/s1. The van der Waals surface area contributed by atoms with Crippen molar-refractivity contribution in [2.24, 2.45) is 0 Å². The van der Waals surface area contributed by atoms with Gasteiger partial charge in [0.1, 0.15) is 5.75 Å². The van der Waals surface area contributed by atoms with Crippen LogP contribution in [0.2, 0.25) is 0 Å². The van der Waals surface area contributed by atoms with E-state index in [0.29, 0.717) is 6.04 Å². The van der Waals surface area contributed by atoms with E-state index in [4.69, 9.17) is 4.74 Å². The Kier molecular flexibility index (Phi) is 4.24. The predicted molar refractivity (Wildman–Crippen MR) is 83.7 cm³/mol. The van der Waals surface area contributed by atoms with Crippen molar-refractivity contribution in [1.82, 2.24) is 5.32 Å². The van der Waals surface area contributed by atoms with Crippen LogP contribution in [0.15, 0.2) is 18.2 Å². The number of methoxy groups -OCH3 is 1. The van der Waals surface area contributed by atoms with Crippen LogP contribution in [0.4, 0.5) is 0 Å².